The van der Waals surface area contributed by atoms with Crippen LogP contribution in [0.4, 0.5) is 28.0 Å². The van der Waals surface area contributed by atoms with Crippen molar-refractivity contribution in [2.75, 3.05) is 25.0 Å². The average Bonchev–Trinajstić information content (AvgIpc) is 3.26. The molecule has 33 heavy (non-hydrogen) atoms. The molecule has 0 spiro atoms. The maximum absolute atomic E-state index is 15.0. The van der Waals surface area contributed by atoms with Crippen molar-refractivity contribution < 1.29 is 45.8 Å². The van der Waals surface area contributed by atoms with Gasteiger partial charge in [0.15, 0.2) is 23.3 Å². The number of halogens is 4. The third-order valence-corrected chi connectivity index (χ3v) is 6.56. The van der Waals surface area contributed by atoms with Crippen LogP contribution in [-0.2, 0) is 17.1 Å². The van der Waals surface area contributed by atoms with Crippen LogP contribution in [0.15, 0.2) is 23.2 Å². The highest BCUT2D eigenvalue weighted by Gasteiger charge is 2.39. The maximum atomic E-state index is 15.0. The fraction of sp³-hybridized carbons (Fsp3) is 0.333. The molecule has 4 N–H and O–H groups in total. The Morgan fingerprint density at radius 2 is 1.73 bits per heavy atom. The number of sulfonamides is 1. The van der Waals surface area contributed by atoms with Crippen molar-refractivity contribution in [3.05, 3.63) is 47.3 Å². The minimum absolute atomic E-state index is 0.144. The summed E-state index contributed by atoms with van der Waals surface area (Å²) in [7, 11) is -3.48. The number of aromatic nitrogens is 1. The predicted octanol–water partition coefficient (Wildman–Crippen LogP) is 1.08. The van der Waals surface area contributed by atoms with Gasteiger partial charge in [0.2, 0.25) is 10.0 Å². The fourth-order valence-corrected chi connectivity index (χ4v) is 4.86. The van der Waals surface area contributed by atoms with Crippen molar-refractivity contribution in [2.24, 2.45) is 13.0 Å². The lowest BCUT2D eigenvalue weighted by atomic mass is 10.1. The zero-order chi connectivity index (χ0) is 24.7. The van der Waals surface area contributed by atoms with Crippen LogP contribution in [0.2, 0.25) is 0 Å². The van der Waals surface area contributed by atoms with Gasteiger partial charge < -0.3 is 25.0 Å². The average molecular weight is 494 g/mol. The number of aliphatic hydroxyl groups excluding tert-OH is 1. The standard InChI is InChI=1S/C18H18F4N4O6S/c1-25-6-13(33(31,32)24-12-5-26(18(29)30)4-8(12)7-27)15(22)16(25)17(28)23-9-2-10(19)14(21)11(20)3-9/h2-3,6,8,12,24,27H,4-5,7H2,1H3,(H,23,28)(H,29,30). The minimum atomic E-state index is -4.62. The summed E-state index contributed by atoms with van der Waals surface area (Å²) >= 11 is 0. The van der Waals surface area contributed by atoms with Crippen LogP contribution in [0.3, 0.4) is 0 Å². The summed E-state index contributed by atoms with van der Waals surface area (Å²) in [4.78, 5) is 23.5. The van der Waals surface area contributed by atoms with Gasteiger partial charge in [-0.1, -0.05) is 0 Å². The first-order chi connectivity index (χ1) is 15.4. The number of likely N-dealkylation sites (tertiary alicyclic amines) is 1. The van der Waals surface area contributed by atoms with E-state index in [9.17, 15) is 40.7 Å². The molecule has 1 saturated heterocycles. The Hall–Kier alpha value is -3.17. The highest BCUT2D eigenvalue weighted by atomic mass is 32.2. The number of carbonyl (C=O) groups is 2. The number of carboxylic acid groups (broad SMARTS) is 1. The van der Waals surface area contributed by atoms with Gasteiger partial charge in [-0.3, -0.25) is 4.79 Å². The van der Waals surface area contributed by atoms with Gasteiger partial charge in [-0.2, -0.15) is 0 Å². The summed E-state index contributed by atoms with van der Waals surface area (Å²) in [6, 6.07) is -0.141. The summed E-state index contributed by atoms with van der Waals surface area (Å²) in [5.41, 5.74) is -1.34. The molecule has 0 aliphatic carbocycles. The monoisotopic (exact) mass is 494 g/mol. The number of hydrogen-bond donors (Lipinski definition) is 4. The lowest BCUT2D eigenvalue weighted by Crippen LogP contribution is -2.42. The fourth-order valence-electron chi connectivity index (χ4n) is 3.44. The Morgan fingerprint density at radius 3 is 2.27 bits per heavy atom. The molecule has 3 rings (SSSR count). The number of carbonyl (C=O) groups excluding carboxylic acids is 1. The number of aliphatic hydroxyl groups is 1. The van der Waals surface area contributed by atoms with E-state index >= 15 is 0 Å². The summed E-state index contributed by atoms with van der Waals surface area (Å²) in [6.45, 7) is -0.968. The molecule has 1 aromatic heterocycles. The number of benzene rings is 1. The van der Waals surface area contributed by atoms with Gasteiger partial charge in [0.1, 0.15) is 10.6 Å². The number of hydrogen-bond acceptors (Lipinski definition) is 5. The molecule has 2 atom stereocenters. The van der Waals surface area contributed by atoms with E-state index in [0.717, 1.165) is 22.7 Å². The Labute approximate surface area is 184 Å². The van der Waals surface area contributed by atoms with Crippen molar-refractivity contribution in [1.29, 1.82) is 0 Å². The summed E-state index contributed by atoms with van der Waals surface area (Å²) in [6.07, 6.45) is -0.551. The molecule has 1 aromatic carbocycles. The van der Waals surface area contributed by atoms with Crippen molar-refractivity contribution in [3.63, 3.8) is 0 Å². The first-order valence-electron chi connectivity index (χ1n) is 9.27. The smallest absolute Gasteiger partial charge is 0.407 e. The normalized spacial score (nSPS) is 18.5. The quantitative estimate of drug-likeness (QED) is 0.350. The molecule has 0 radical (unpaired) electrons. The van der Waals surface area contributed by atoms with Gasteiger partial charge in [0, 0.05) is 62.7 Å². The molecule has 15 heteroatoms. The Bertz CT molecular complexity index is 1200. The number of nitrogens with one attached hydrogen (secondary N) is 2. The zero-order valence-electron chi connectivity index (χ0n) is 16.9. The molecule has 2 aromatic rings. The Balaban J connectivity index is 1.86. The molecular weight excluding hydrogens is 476 g/mol. The first kappa shape index (κ1) is 24.5. The van der Waals surface area contributed by atoms with Crippen LogP contribution in [0.5, 0.6) is 0 Å². The van der Waals surface area contributed by atoms with Crippen LogP contribution >= 0.6 is 0 Å². The molecule has 1 aliphatic rings. The van der Waals surface area contributed by atoms with Gasteiger partial charge in [-0.25, -0.2) is 35.5 Å². The summed E-state index contributed by atoms with van der Waals surface area (Å²) in [5.74, 6) is -8.51. The lowest BCUT2D eigenvalue weighted by Gasteiger charge is -2.17. The number of aryl methyl sites for hydroxylation is 1. The minimum Gasteiger partial charge on any atom is -0.465 e. The van der Waals surface area contributed by atoms with Crippen molar-refractivity contribution in [2.45, 2.75) is 10.9 Å². The molecular formula is C18H18F4N4O6S. The predicted molar refractivity (Wildman–Crippen MR) is 104 cm³/mol. The van der Waals surface area contributed by atoms with E-state index in [2.05, 4.69) is 4.72 Å². The van der Waals surface area contributed by atoms with Gasteiger partial charge in [0.25, 0.3) is 5.91 Å². The number of nitrogens with zero attached hydrogens (tertiary/aromatic N) is 2. The Kier molecular flexibility index (Phi) is 6.67. The van der Waals surface area contributed by atoms with Gasteiger partial charge in [-0.05, 0) is 0 Å². The molecule has 1 fully saturated rings. The van der Waals surface area contributed by atoms with E-state index in [1.165, 1.54) is 0 Å². The van der Waals surface area contributed by atoms with Crippen molar-refractivity contribution in [3.8, 4) is 0 Å². The van der Waals surface area contributed by atoms with E-state index in [-0.39, 0.29) is 13.1 Å². The van der Waals surface area contributed by atoms with Crippen LogP contribution in [-0.4, -0.2) is 65.8 Å². The topological polar surface area (TPSA) is 141 Å². The van der Waals surface area contributed by atoms with Gasteiger partial charge >= 0.3 is 6.09 Å². The Morgan fingerprint density at radius 1 is 1.12 bits per heavy atom. The van der Waals surface area contributed by atoms with E-state index in [1.54, 1.807) is 0 Å². The zero-order valence-corrected chi connectivity index (χ0v) is 17.7. The van der Waals surface area contributed by atoms with Crippen molar-refractivity contribution >= 4 is 27.7 Å². The van der Waals surface area contributed by atoms with Crippen molar-refractivity contribution in [1.82, 2.24) is 14.2 Å². The van der Waals surface area contributed by atoms with E-state index < -0.39 is 80.1 Å². The van der Waals surface area contributed by atoms with Crippen LogP contribution in [0.25, 0.3) is 0 Å². The van der Waals surface area contributed by atoms with E-state index in [4.69, 9.17) is 5.11 Å². The maximum Gasteiger partial charge on any atom is 0.407 e. The highest BCUT2D eigenvalue weighted by molar-refractivity contribution is 7.89. The molecule has 180 valence electrons. The number of rotatable bonds is 6. The summed E-state index contributed by atoms with van der Waals surface area (Å²) in [5, 5.41) is 20.4. The highest BCUT2D eigenvalue weighted by Crippen LogP contribution is 2.25. The second-order valence-corrected chi connectivity index (χ2v) is 9.02. The second kappa shape index (κ2) is 8.99. The van der Waals surface area contributed by atoms with Gasteiger partial charge in [0.05, 0.1) is 0 Å². The largest absolute Gasteiger partial charge is 0.465 e. The second-order valence-electron chi connectivity index (χ2n) is 7.33. The third kappa shape index (κ3) is 4.79. The lowest BCUT2D eigenvalue weighted by molar-refractivity contribution is 0.101. The van der Waals surface area contributed by atoms with E-state index in [0.29, 0.717) is 12.1 Å². The summed E-state index contributed by atoms with van der Waals surface area (Å²) < 4.78 is 83.2. The number of anilines is 1. The third-order valence-electron chi connectivity index (χ3n) is 5.09. The molecule has 1 aliphatic heterocycles. The van der Waals surface area contributed by atoms with Gasteiger partial charge in [-0.15, -0.1) is 0 Å². The molecule has 0 bridgehead atoms. The van der Waals surface area contributed by atoms with Crippen LogP contribution in [0.1, 0.15) is 10.5 Å². The number of amides is 2. The molecule has 2 unspecified atom stereocenters. The molecule has 0 saturated carbocycles. The van der Waals surface area contributed by atoms with E-state index in [1.807, 2.05) is 5.32 Å². The van der Waals surface area contributed by atoms with Crippen LogP contribution < -0.4 is 10.0 Å². The SMILES string of the molecule is Cn1cc(S(=O)(=O)NC2CN(C(=O)O)CC2CO)c(F)c1C(=O)Nc1cc(F)c(F)c(F)c1. The molecule has 2 heterocycles. The molecule has 2 amide bonds. The first-order valence-corrected chi connectivity index (χ1v) is 10.8. The van der Waals surface area contributed by atoms with Crippen LogP contribution in [0, 0.1) is 29.2 Å². The molecule has 10 nitrogen and oxygen atoms in total.